The van der Waals surface area contributed by atoms with Gasteiger partial charge in [0.05, 0.1) is 23.7 Å². The summed E-state index contributed by atoms with van der Waals surface area (Å²) >= 11 is 1.68. The highest BCUT2D eigenvalue weighted by Gasteiger charge is 2.44. The smallest absolute Gasteiger partial charge is 0.154 e. The first-order chi connectivity index (χ1) is 8.55. The molecule has 0 spiro atoms. The minimum atomic E-state index is -3.06. The van der Waals surface area contributed by atoms with Crippen molar-refractivity contribution in [3.63, 3.8) is 0 Å². The van der Waals surface area contributed by atoms with Crippen LogP contribution in [0.25, 0.3) is 0 Å². The first-order valence-corrected chi connectivity index (χ1v) is 8.92. The predicted octanol–water partition coefficient (Wildman–Crippen LogP) is 0.870. The van der Waals surface area contributed by atoms with Gasteiger partial charge in [0.15, 0.2) is 9.84 Å². The summed E-state index contributed by atoms with van der Waals surface area (Å²) in [6.45, 7) is 0.763. The minimum Gasteiger partial charge on any atom is -0.390 e. The molecule has 0 radical (unpaired) electrons. The van der Waals surface area contributed by atoms with Crippen molar-refractivity contribution in [2.75, 3.05) is 11.5 Å². The van der Waals surface area contributed by atoms with Gasteiger partial charge < -0.3 is 5.11 Å². The molecular formula is C12H17NO3S2. The van der Waals surface area contributed by atoms with E-state index in [1.54, 1.807) is 11.3 Å². The zero-order valence-corrected chi connectivity index (χ0v) is 11.7. The molecule has 1 saturated carbocycles. The van der Waals surface area contributed by atoms with Crippen LogP contribution in [0.3, 0.4) is 0 Å². The highest BCUT2D eigenvalue weighted by atomic mass is 32.2. The van der Waals surface area contributed by atoms with Gasteiger partial charge in [0.1, 0.15) is 0 Å². The van der Waals surface area contributed by atoms with E-state index < -0.39 is 15.9 Å². The van der Waals surface area contributed by atoms with Crippen LogP contribution in [0.1, 0.15) is 17.7 Å². The van der Waals surface area contributed by atoms with Gasteiger partial charge in [-0.15, -0.1) is 11.3 Å². The normalized spacial score (nSPS) is 31.0. The van der Waals surface area contributed by atoms with Gasteiger partial charge in [0, 0.05) is 17.5 Å². The molecule has 1 N–H and O–H groups in total. The monoisotopic (exact) mass is 287 g/mol. The van der Waals surface area contributed by atoms with Gasteiger partial charge in [0.25, 0.3) is 0 Å². The lowest BCUT2D eigenvalue weighted by Gasteiger charge is -2.29. The third kappa shape index (κ3) is 2.61. The lowest BCUT2D eigenvalue weighted by Crippen LogP contribution is -2.43. The Balaban J connectivity index is 1.78. The van der Waals surface area contributed by atoms with Crippen molar-refractivity contribution in [2.45, 2.75) is 37.6 Å². The van der Waals surface area contributed by atoms with Gasteiger partial charge in [-0.3, -0.25) is 4.90 Å². The third-order valence-corrected chi connectivity index (χ3v) is 6.21. The van der Waals surface area contributed by atoms with Crippen LogP contribution in [0.15, 0.2) is 17.5 Å². The summed E-state index contributed by atoms with van der Waals surface area (Å²) in [5.41, 5.74) is 0. The van der Waals surface area contributed by atoms with Crippen LogP contribution in [0.5, 0.6) is 0 Å². The molecule has 1 aromatic rings. The molecule has 1 aromatic heterocycles. The number of thiophene rings is 1. The van der Waals surface area contributed by atoms with E-state index in [9.17, 15) is 13.5 Å². The molecular weight excluding hydrogens is 270 g/mol. The predicted molar refractivity (Wildman–Crippen MR) is 71.3 cm³/mol. The van der Waals surface area contributed by atoms with E-state index in [0.717, 1.165) is 19.4 Å². The minimum absolute atomic E-state index is 0.0780. The molecule has 1 aliphatic heterocycles. The Morgan fingerprint density at radius 1 is 1.39 bits per heavy atom. The lowest BCUT2D eigenvalue weighted by atomic mass is 10.1. The van der Waals surface area contributed by atoms with Crippen LogP contribution in [-0.2, 0) is 16.4 Å². The van der Waals surface area contributed by atoms with Gasteiger partial charge >= 0.3 is 0 Å². The fourth-order valence-electron chi connectivity index (χ4n) is 2.63. The van der Waals surface area contributed by atoms with Crippen LogP contribution in [-0.4, -0.2) is 48.1 Å². The fourth-order valence-corrected chi connectivity index (χ4v) is 5.16. The average Bonchev–Trinajstić information content (AvgIpc) is 2.92. The Morgan fingerprint density at radius 3 is 2.67 bits per heavy atom. The zero-order valence-electron chi connectivity index (χ0n) is 10.0. The molecule has 6 heteroatoms. The quantitative estimate of drug-likeness (QED) is 0.893. The van der Waals surface area contributed by atoms with Crippen molar-refractivity contribution >= 4 is 21.2 Å². The number of hydrogen-bond donors (Lipinski definition) is 1. The first-order valence-electron chi connectivity index (χ1n) is 6.22. The molecule has 2 unspecified atom stereocenters. The van der Waals surface area contributed by atoms with Gasteiger partial charge in [-0.2, -0.15) is 0 Å². The Morgan fingerprint density at radius 2 is 2.17 bits per heavy atom. The zero-order chi connectivity index (χ0) is 12.8. The Bertz CT molecular complexity index is 507. The van der Waals surface area contributed by atoms with Crippen LogP contribution in [0.2, 0.25) is 0 Å². The molecule has 2 aliphatic rings. The summed E-state index contributed by atoms with van der Waals surface area (Å²) in [5, 5.41) is 12.0. The second kappa shape index (κ2) is 4.59. The average molecular weight is 287 g/mol. The summed E-state index contributed by atoms with van der Waals surface area (Å²) < 4.78 is 23.2. The summed E-state index contributed by atoms with van der Waals surface area (Å²) in [5.74, 6) is 0.0291. The van der Waals surface area contributed by atoms with Gasteiger partial charge in [-0.25, -0.2) is 8.42 Å². The van der Waals surface area contributed by atoms with Crippen molar-refractivity contribution in [3.8, 4) is 0 Å². The Labute approximate surface area is 111 Å². The second-order valence-corrected chi connectivity index (χ2v) is 8.38. The Kier molecular flexibility index (Phi) is 3.21. The van der Waals surface area contributed by atoms with Crippen LogP contribution >= 0.6 is 11.3 Å². The molecule has 0 bridgehead atoms. The molecule has 1 aliphatic carbocycles. The van der Waals surface area contributed by atoms with E-state index in [1.807, 2.05) is 11.4 Å². The molecule has 0 amide bonds. The van der Waals surface area contributed by atoms with E-state index >= 15 is 0 Å². The number of aliphatic hydroxyl groups excluding tert-OH is 1. The second-order valence-electron chi connectivity index (χ2n) is 5.19. The van der Waals surface area contributed by atoms with Crippen LogP contribution in [0.4, 0.5) is 0 Å². The van der Waals surface area contributed by atoms with E-state index in [1.165, 1.54) is 4.88 Å². The largest absolute Gasteiger partial charge is 0.390 e. The van der Waals surface area contributed by atoms with E-state index in [2.05, 4.69) is 11.0 Å². The molecule has 18 heavy (non-hydrogen) atoms. The SMILES string of the molecule is O=S1(=O)CC(O)C(N(Cc2cccs2)C2CC2)C1. The standard InChI is InChI=1S/C12H17NO3S2/c14-12-8-18(15,16)7-11(12)13(9-3-4-9)6-10-2-1-5-17-10/h1-2,5,9,11-12,14H,3-4,6-8H2. The van der Waals surface area contributed by atoms with Gasteiger partial charge in [-0.1, -0.05) is 6.07 Å². The van der Waals surface area contributed by atoms with Crippen molar-refractivity contribution in [3.05, 3.63) is 22.4 Å². The number of hydrogen-bond acceptors (Lipinski definition) is 5. The highest BCUT2D eigenvalue weighted by molar-refractivity contribution is 7.91. The summed E-state index contributed by atoms with van der Waals surface area (Å²) in [6.07, 6.45) is 1.51. The van der Waals surface area contributed by atoms with Crippen LogP contribution in [0, 0.1) is 0 Å². The van der Waals surface area contributed by atoms with Gasteiger partial charge in [-0.05, 0) is 24.3 Å². The summed E-state index contributed by atoms with van der Waals surface area (Å²) in [7, 11) is -3.06. The fraction of sp³-hybridized carbons (Fsp3) is 0.667. The topological polar surface area (TPSA) is 57.6 Å². The molecule has 2 fully saturated rings. The molecule has 4 nitrogen and oxygen atoms in total. The van der Waals surface area contributed by atoms with Crippen molar-refractivity contribution < 1.29 is 13.5 Å². The maximum Gasteiger partial charge on any atom is 0.154 e. The maximum absolute atomic E-state index is 11.6. The molecule has 2 atom stereocenters. The molecule has 3 rings (SSSR count). The highest BCUT2D eigenvalue weighted by Crippen LogP contribution is 2.34. The molecule has 0 aromatic carbocycles. The third-order valence-electron chi connectivity index (χ3n) is 3.65. The maximum atomic E-state index is 11.6. The van der Waals surface area contributed by atoms with Gasteiger partial charge in [0.2, 0.25) is 0 Å². The number of sulfone groups is 1. The van der Waals surface area contributed by atoms with E-state index in [0.29, 0.717) is 6.04 Å². The van der Waals surface area contributed by atoms with Crippen molar-refractivity contribution in [1.82, 2.24) is 4.90 Å². The summed E-state index contributed by atoms with van der Waals surface area (Å²) in [4.78, 5) is 3.43. The summed E-state index contributed by atoms with van der Waals surface area (Å²) in [6, 6.07) is 4.31. The molecule has 2 heterocycles. The van der Waals surface area contributed by atoms with Crippen LogP contribution < -0.4 is 0 Å². The lowest BCUT2D eigenvalue weighted by molar-refractivity contribution is 0.0733. The molecule has 1 saturated heterocycles. The number of rotatable bonds is 4. The van der Waals surface area contributed by atoms with E-state index in [4.69, 9.17) is 0 Å². The first kappa shape index (κ1) is 12.6. The van der Waals surface area contributed by atoms with Crippen molar-refractivity contribution in [2.24, 2.45) is 0 Å². The number of aliphatic hydroxyl groups is 1. The molecule has 100 valence electrons. The van der Waals surface area contributed by atoms with E-state index in [-0.39, 0.29) is 17.5 Å². The van der Waals surface area contributed by atoms with Crippen molar-refractivity contribution in [1.29, 1.82) is 0 Å². The Hall–Kier alpha value is -0.430. The number of nitrogens with zero attached hydrogens (tertiary/aromatic N) is 1.